The predicted molar refractivity (Wildman–Crippen MR) is 119 cm³/mol. The zero-order chi connectivity index (χ0) is 21.7. The molecule has 0 aliphatic heterocycles. The first-order chi connectivity index (χ1) is 14.3. The van der Waals surface area contributed by atoms with Gasteiger partial charge < -0.3 is 15.2 Å². The van der Waals surface area contributed by atoms with E-state index in [1.54, 1.807) is 40.4 Å². The summed E-state index contributed by atoms with van der Waals surface area (Å²) in [4.78, 5) is 28.8. The lowest BCUT2D eigenvalue weighted by Gasteiger charge is -2.21. The van der Waals surface area contributed by atoms with E-state index in [4.69, 9.17) is 11.6 Å². The first-order valence-electron chi connectivity index (χ1n) is 9.13. The molecule has 0 saturated carbocycles. The van der Waals surface area contributed by atoms with Crippen LogP contribution in [0.3, 0.4) is 0 Å². The highest BCUT2D eigenvalue weighted by Crippen LogP contribution is 2.25. The van der Waals surface area contributed by atoms with Gasteiger partial charge in [0.05, 0.1) is 11.8 Å². The number of aromatic nitrogens is 4. The molecule has 30 heavy (non-hydrogen) atoms. The molecule has 0 fully saturated rings. The van der Waals surface area contributed by atoms with Crippen LogP contribution in [-0.4, -0.2) is 37.3 Å². The van der Waals surface area contributed by atoms with Crippen LogP contribution in [0.2, 0.25) is 5.02 Å². The molecule has 0 saturated heterocycles. The Morgan fingerprint density at radius 3 is 2.60 bits per heavy atom. The van der Waals surface area contributed by atoms with Gasteiger partial charge in [-0.25, -0.2) is 4.98 Å². The summed E-state index contributed by atoms with van der Waals surface area (Å²) in [6, 6.07) is 6.36. The summed E-state index contributed by atoms with van der Waals surface area (Å²) >= 11 is 8.53. The second-order valence-electron chi connectivity index (χ2n) is 6.78. The highest BCUT2D eigenvalue weighted by atomic mass is 35.5. The number of nitrogens with one attached hydrogen (secondary N) is 2. The molecule has 0 spiro atoms. The van der Waals surface area contributed by atoms with E-state index in [1.807, 2.05) is 20.9 Å². The summed E-state index contributed by atoms with van der Waals surface area (Å²) < 4.78 is 1.80. The van der Waals surface area contributed by atoms with E-state index in [0.717, 1.165) is 0 Å². The quantitative estimate of drug-likeness (QED) is 0.492. The third-order valence-corrected chi connectivity index (χ3v) is 6.18. The number of rotatable bonds is 8. The van der Waals surface area contributed by atoms with Gasteiger partial charge >= 0.3 is 0 Å². The zero-order valence-corrected chi connectivity index (χ0v) is 19.0. The normalized spacial score (nSPS) is 12.0. The van der Waals surface area contributed by atoms with Crippen molar-refractivity contribution in [2.45, 2.75) is 25.0 Å². The second-order valence-corrected chi connectivity index (χ2v) is 9.05. The summed E-state index contributed by atoms with van der Waals surface area (Å²) in [5, 5.41) is 17.7. The van der Waals surface area contributed by atoms with Gasteiger partial charge in [-0.2, -0.15) is 0 Å². The number of carbonyl (C=O) groups is 2. The molecule has 158 valence electrons. The van der Waals surface area contributed by atoms with Crippen LogP contribution in [0.1, 0.15) is 36.1 Å². The molecule has 2 heterocycles. The predicted octanol–water partition coefficient (Wildman–Crippen LogP) is 3.78. The highest BCUT2D eigenvalue weighted by Gasteiger charge is 2.25. The number of thiazole rings is 1. The van der Waals surface area contributed by atoms with Gasteiger partial charge in [-0.3, -0.25) is 9.59 Å². The van der Waals surface area contributed by atoms with Gasteiger partial charge in [0, 0.05) is 29.2 Å². The molecule has 0 aliphatic rings. The minimum absolute atomic E-state index is 0.0789. The Balaban J connectivity index is 1.67. The van der Waals surface area contributed by atoms with Crippen molar-refractivity contribution in [1.82, 2.24) is 25.1 Å². The minimum Gasteiger partial charge on any atom is -0.342 e. The molecule has 11 heteroatoms. The van der Waals surface area contributed by atoms with Crippen LogP contribution in [-0.2, 0) is 11.8 Å². The molecule has 0 unspecified atom stereocenters. The van der Waals surface area contributed by atoms with Crippen LogP contribution in [0.15, 0.2) is 41.0 Å². The largest absolute Gasteiger partial charge is 0.342 e. The van der Waals surface area contributed by atoms with Crippen LogP contribution in [0.25, 0.3) is 0 Å². The van der Waals surface area contributed by atoms with Crippen LogP contribution in [0.4, 0.5) is 5.13 Å². The number of anilines is 1. The van der Waals surface area contributed by atoms with Gasteiger partial charge in [-0.05, 0) is 30.2 Å². The Bertz CT molecular complexity index is 1000. The van der Waals surface area contributed by atoms with Crippen molar-refractivity contribution in [3.8, 4) is 0 Å². The van der Waals surface area contributed by atoms with E-state index in [1.165, 1.54) is 23.1 Å². The number of halogens is 1. The maximum Gasteiger partial charge on any atom is 0.251 e. The SMILES string of the molecule is CC(C)[C@H](NC(=O)c1ccc(Cl)cc1)c1nnc(SCC(=O)Nc2nccs2)n1C. The van der Waals surface area contributed by atoms with Crippen LogP contribution >= 0.6 is 34.7 Å². The van der Waals surface area contributed by atoms with Gasteiger partial charge in [0.25, 0.3) is 5.91 Å². The first kappa shape index (κ1) is 22.3. The average Bonchev–Trinajstić information content (AvgIpc) is 3.34. The Morgan fingerprint density at radius 2 is 1.97 bits per heavy atom. The molecule has 1 atom stereocenters. The highest BCUT2D eigenvalue weighted by molar-refractivity contribution is 7.99. The first-order valence-corrected chi connectivity index (χ1v) is 11.4. The number of nitrogens with zero attached hydrogens (tertiary/aromatic N) is 4. The lowest BCUT2D eigenvalue weighted by molar-refractivity contribution is -0.113. The second kappa shape index (κ2) is 10.1. The van der Waals surface area contributed by atoms with Crippen LogP contribution in [0.5, 0.6) is 0 Å². The zero-order valence-electron chi connectivity index (χ0n) is 16.6. The lowest BCUT2D eigenvalue weighted by atomic mass is 10.0. The van der Waals surface area contributed by atoms with Crippen molar-refractivity contribution >= 4 is 51.6 Å². The Morgan fingerprint density at radius 1 is 1.23 bits per heavy atom. The van der Waals surface area contributed by atoms with Crippen molar-refractivity contribution in [3.63, 3.8) is 0 Å². The molecule has 3 rings (SSSR count). The minimum atomic E-state index is -0.343. The summed E-state index contributed by atoms with van der Waals surface area (Å²) in [7, 11) is 1.82. The average molecular weight is 465 g/mol. The van der Waals surface area contributed by atoms with Crippen molar-refractivity contribution in [2.24, 2.45) is 13.0 Å². The number of amides is 2. The molecular weight excluding hydrogens is 444 g/mol. The molecule has 2 aromatic heterocycles. The molecule has 0 bridgehead atoms. The molecule has 1 aromatic carbocycles. The van der Waals surface area contributed by atoms with Crippen molar-refractivity contribution in [1.29, 1.82) is 0 Å². The fraction of sp³-hybridized carbons (Fsp3) is 0.316. The van der Waals surface area contributed by atoms with Gasteiger partial charge in [0.15, 0.2) is 16.1 Å². The number of benzene rings is 1. The third kappa shape index (κ3) is 5.59. The third-order valence-electron chi connectivity index (χ3n) is 4.22. The van der Waals surface area contributed by atoms with E-state index in [2.05, 4.69) is 25.8 Å². The maximum absolute atomic E-state index is 12.7. The van der Waals surface area contributed by atoms with Crippen molar-refractivity contribution in [2.75, 3.05) is 11.1 Å². The summed E-state index contributed by atoms with van der Waals surface area (Å²) in [6.45, 7) is 3.99. The Kier molecular flexibility index (Phi) is 7.46. The number of carbonyl (C=O) groups excluding carboxylic acids is 2. The van der Waals surface area contributed by atoms with Gasteiger partial charge in [-0.1, -0.05) is 37.2 Å². The summed E-state index contributed by atoms with van der Waals surface area (Å²) in [6.07, 6.45) is 1.63. The molecule has 8 nitrogen and oxygen atoms in total. The van der Waals surface area contributed by atoms with Gasteiger partial charge in [0.2, 0.25) is 5.91 Å². The van der Waals surface area contributed by atoms with Crippen LogP contribution in [0, 0.1) is 5.92 Å². The van der Waals surface area contributed by atoms with Gasteiger partial charge in [0.1, 0.15) is 0 Å². The van der Waals surface area contributed by atoms with E-state index < -0.39 is 0 Å². The molecule has 0 radical (unpaired) electrons. The monoisotopic (exact) mass is 464 g/mol. The smallest absolute Gasteiger partial charge is 0.251 e. The van der Waals surface area contributed by atoms with Crippen LogP contribution < -0.4 is 10.6 Å². The standard InChI is InChI=1S/C19H21ClN6O2S2/c1-11(2)15(23-17(28)12-4-6-13(20)7-5-12)16-24-25-19(26(16)3)30-10-14(27)22-18-21-8-9-29-18/h4-9,11,15H,10H2,1-3H3,(H,23,28)(H,21,22,27)/t15-/m0/s1. The molecule has 3 aromatic rings. The van der Waals surface area contributed by atoms with E-state index >= 15 is 0 Å². The molecule has 0 aliphatic carbocycles. The fourth-order valence-corrected chi connectivity index (χ4v) is 4.04. The van der Waals surface area contributed by atoms with Crippen molar-refractivity contribution < 1.29 is 9.59 Å². The van der Waals surface area contributed by atoms with E-state index in [9.17, 15) is 9.59 Å². The number of thioether (sulfide) groups is 1. The maximum atomic E-state index is 12.7. The van der Waals surface area contributed by atoms with Crippen molar-refractivity contribution in [3.05, 3.63) is 52.3 Å². The lowest BCUT2D eigenvalue weighted by Crippen LogP contribution is -2.33. The van der Waals surface area contributed by atoms with Gasteiger partial charge in [-0.15, -0.1) is 21.5 Å². The summed E-state index contributed by atoms with van der Waals surface area (Å²) in [5.74, 6) is 0.487. The Hall–Kier alpha value is -2.43. The molecular formula is C19H21ClN6O2S2. The molecule has 2 amide bonds. The molecule has 2 N–H and O–H groups in total. The Labute approximate surface area is 187 Å². The topological polar surface area (TPSA) is 102 Å². The van der Waals surface area contributed by atoms with E-state index in [0.29, 0.717) is 26.7 Å². The summed E-state index contributed by atoms with van der Waals surface area (Å²) in [5.41, 5.74) is 0.515. The fourth-order valence-electron chi connectivity index (χ4n) is 2.65. The number of hydrogen-bond acceptors (Lipinski definition) is 7. The number of hydrogen-bond donors (Lipinski definition) is 2. The van der Waals surface area contributed by atoms with E-state index in [-0.39, 0.29) is 29.5 Å².